The molecular formula is C21H26O3. The number of ketones is 1. The molecule has 0 radical (unpaired) electrons. The van der Waals surface area contributed by atoms with Crippen molar-refractivity contribution >= 4 is 5.78 Å². The standard InChI is InChI=1S/C21H26O3/c1-2-16-20-17(19(23)13-12-18(20)21(16)24)11-10-15(22)9-8-14-6-4-3-5-7-14/h3-7,15-20,22-23H,2,8-9,12-13H2,1H3/t15-,16?,17-,18-,19+,20+/m0/s1. The van der Waals surface area contributed by atoms with Gasteiger partial charge in [0.05, 0.1) is 12.0 Å². The number of rotatable bonds is 4. The lowest BCUT2D eigenvalue weighted by molar-refractivity contribution is -0.153. The van der Waals surface area contributed by atoms with E-state index < -0.39 is 12.2 Å². The van der Waals surface area contributed by atoms with Crippen LogP contribution < -0.4 is 0 Å². The summed E-state index contributed by atoms with van der Waals surface area (Å²) in [7, 11) is 0. The van der Waals surface area contributed by atoms with E-state index in [4.69, 9.17) is 0 Å². The zero-order valence-electron chi connectivity index (χ0n) is 14.2. The van der Waals surface area contributed by atoms with Crippen LogP contribution in [0, 0.1) is 35.5 Å². The molecule has 0 spiro atoms. The first-order chi connectivity index (χ1) is 11.6. The van der Waals surface area contributed by atoms with Gasteiger partial charge in [0.25, 0.3) is 0 Å². The van der Waals surface area contributed by atoms with Crippen LogP contribution in [0.15, 0.2) is 30.3 Å². The number of hydrogen-bond donors (Lipinski definition) is 2. The summed E-state index contributed by atoms with van der Waals surface area (Å²) in [5.74, 6) is 6.55. The molecule has 6 atom stereocenters. The summed E-state index contributed by atoms with van der Waals surface area (Å²) in [5.41, 5.74) is 1.19. The van der Waals surface area contributed by atoms with Gasteiger partial charge in [-0.25, -0.2) is 0 Å². The number of aliphatic hydroxyl groups excluding tert-OH is 2. The average molecular weight is 326 g/mol. The molecule has 3 rings (SSSR count). The van der Waals surface area contributed by atoms with Crippen LogP contribution in [0.3, 0.4) is 0 Å². The summed E-state index contributed by atoms with van der Waals surface area (Å²) < 4.78 is 0. The molecule has 24 heavy (non-hydrogen) atoms. The van der Waals surface area contributed by atoms with E-state index in [0.29, 0.717) is 18.6 Å². The Morgan fingerprint density at radius 2 is 2.00 bits per heavy atom. The maximum absolute atomic E-state index is 12.1. The largest absolute Gasteiger partial charge is 0.392 e. The number of aryl methyl sites for hydroxylation is 1. The number of fused-ring (bicyclic) bond motifs is 1. The highest BCUT2D eigenvalue weighted by atomic mass is 16.3. The molecular weight excluding hydrogens is 300 g/mol. The van der Waals surface area contributed by atoms with E-state index in [2.05, 4.69) is 11.8 Å². The Labute approximate surface area is 144 Å². The van der Waals surface area contributed by atoms with Gasteiger partial charge in [-0.3, -0.25) is 4.79 Å². The van der Waals surface area contributed by atoms with Gasteiger partial charge in [0, 0.05) is 11.8 Å². The zero-order chi connectivity index (χ0) is 17.1. The summed E-state index contributed by atoms with van der Waals surface area (Å²) in [6.45, 7) is 2.03. The number of Topliss-reactive ketones (excluding diaryl/α,β-unsaturated/α-hetero) is 1. The minimum absolute atomic E-state index is 0.0470. The van der Waals surface area contributed by atoms with Gasteiger partial charge >= 0.3 is 0 Å². The monoisotopic (exact) mass is 326 g/mol. The number of aliphatic hydroxyl groups is 2. The van der Waals surface area contributed by atoms with Crippen LogP contribution in [0.25, 0.3) is 0 Å². The molecule has 0 heterocycles. The van der Waals surface area contributed by atoms with Gasteiger partial charge in [-0.1, -0.05) is 49.1 Å². The van der Waals surface area contributed by atoms with E-state index in [1.807, 2.05) is 37.3 Å². The fourth-order valence-electron chi connectivity index (χ4n) is 4.32. The van der Waals surface area contributed by atoms with Crippen molar-refractivity contribution in [3.05, 3.63) is 35.9 Å². The summed E-state index contributed by atoms with van der Waals surface area (Å²) >= 11 is 0. The van der Waals surface area contributed by atoms with E-state index in [0.717, 1.165) is 19.3 Å². The lowest BCUT2D eigenvalue weighted by atomic mass is 9.52. The first-order valence-electron chi connectivity index (χ1n) is 9.06. The number of benzene rings is 1. The van der Waals surface area contributed by atoms with Crippen LogP contribution in [0.4, 0.5) is 0 Å². The number of hydrogen-bond acceptors (Lipinski definition) is 3. The molecule has 1 unspecified atom stereocenters. The first kappa shape index (κ1) is 17.2. The van der Waals surface area contributed by atoms with Gasteiger partial charge in [0.15, 0.2) is 0 Å². The normalized spacial score (nSPS) is 33.0. The van der Waals surface area contributed by atoms with Crippen molar-refractivity contribution in [2.75, 3.05) is 0 Å². The predicted octanol–water partition coefficient (Wildman–Crippen LogP) is 2.60. The van der Waals surface area contributed by atoms with Gasteiger partial charge in [-0.2, -0.15) is 0 Å². The van der Waals surface area contributed by atoms with Crippen molar-refractivity contribution < 1.29 is 15.0 Å². The Bertz CT molecular complexity index is 619. The Hall–Kier alpha value is -1.63. The molecule has 0 saturated heterocycles. The molecule has 0 amide bonds. The fourth-order valence-corrected chi connectivity index (χ4v) is 4.32. The summed E-state index contributed by atoms with van der Waals surface area (Å²) in [6, 6.07) is 10.0. The number of carbonyl (C=O) groups is 1. The molecule has 2 fully saturated rings. The smallest absolute Gasteiger partial charge is 0.139 e. The number of carbonyl (C=O) groups excluding carboxylic acids is 1. The predicted molar refractivity (Wildman–Crippen MR) is 93.0 cm³/mol. The third-order valence-corrected chi connectivity index (χ3v) is 5.67. The summed E-state index contributed by atoms with van der Waals surface area (Å²) in [5, 5.41) is 20.5. The zero-order valence-corrected chi connectivity index (χ0v) is 14.2. The van der Waals surface area contributed by atoms with Gasteiger partial charge in [0.2, 0.25) is 0 Å². The Kier molecular flexibility index (Phi) is 5.38. The van der Waals surface area contributed by atoms with Gasteiger partial charge in [-0.05, 0) is 43.6 Å². The molecule has 1 aromatic carbocycles. The lowest BCUT2D eigenvalue weighted by Crippen LogP contribution is -2.56. The van der Waals surface area contributed by atoms with E-state index in [9.17, 15) is 15.0 Å². The summed E-state index contributed by atoms with van der Waals surface area (Å²) in [6.07, 6.45) is 2.46. The third-order valence-electron chi connectivity index (χ3n) is 5.67. The van der Waals surface area contributed by atoms with E-state index in [1.54, 1.807) is 0 Å². The van der Waals surface area contributed by atoms with Crippen molar-refractivity contribution in [1.29, 1.82) is 0 Å². The minimum atomic E-state index is -0.686. The van der Waals surface area contributed by atoms with Crippen molar-refractivity contribution in [2.24, 2.45) is 23.7 Å². The van der Waals surface area contributed by atoms with Crippen molar-refractivity contribution in [2.45, 2.75) is 51.2 Å². The highest BCUT2D eigenvalue weighted by molar-refractivity contribution is 5.90. The molecule has 2 saturated carbocycles. The fraction of sp³-hybridized carbons (Fsp3) is 0.571. The van der Waals surface area contributed by atoms with E-state index in [1.165, 1.54) is 5.56 Å². The van der Waals surface area contributed by atoms with E-state index in [-0.39, 0.29) is 23.7 Å². The van der Waals surface area contributed by atoms with Gasteiger partial charge in [0.1, 0.15) is 11.9 Å². The topological polar surface area (TPSA) is 57.5 Å². The van der Waals surface area contributed by atoms with Crippen molar-refractivity contribution in [1.82, 2.24) is 0 Å². The Morgan fingerprint density at radius 1 is 1.25 bits per heavy atom. The molecule has 128 valence electrons. The SMILES string of the molecule is CCC1C(=O)[C@H]2CC[C@@H](O)[C@H](C#C[C@@H](O)CCc3ccccc3)[C@@H]12. The van der Waals surface area contributed by atoms with Crippen LogP contribution in [0.2, 0.25) is 0 Å². The third kappa shape index (κ3) is 3.41. The first-order valence-corrected chi connectivity index (χ1v) is 9.06. The van der Waals surface area contributed by atoms with Crippen LogP contribution in [0.5, 0.6) is 0 Å². The van der Waals surface area contributed by atoms with Crippen molar-refractivity contribution in [3.63, 3.8) is 0 Å². The highest BCUT2D eigenvalue weighted by Gasteiger charge is 2.55. The quantitative estimate of drug-likeness (QED) is 0.836. The molecule has 0 bridgehead atoms. The van der Waals surface area contributed by atoms with Crippen LogP contribution >= 0.6 is 0 Å². The highest BCUT2D eigenvalue weighted by Crippen LogP contribution is 2.50. The second-order valence-corrected chi connectivity index (χ2v) is 7.10. The molecule has 2 N–H and O–H groups in total. The van der Waals surface area contributed by atoms with Crippen LogP contribution in [-0.4, -0.2) is 28.2 Å². The van der Waals surface area contributed by atoms with E-state index >= 15 is 0 Å². The van der Waals surface area contributed by atoms with Gasteiger partial charge < -0.3 is 10.2 Å². The molecule has 0 aliphatic heterocycles. The molecule has 0 aromatic heterocycles. The molecule has 2 aliphatic rings. The molecule has 1 aromatic rings. The Morgan fingerprint density at radius 3 is 2.71 bits per heavy atom. The second-order valence-electron chi connectivity index (χ2n) is 7.10. The average Bonchev–Trinajstić information content (AvgIpc) is 2.60. The second kappa shape index (κ2) is 7.51. The van der Waals surface area contributed by atoms with Crippen LogP contribution in [-0.2, 0) is 11.2 Å². The molecule has 3 heteroatoms. The molecule has 3 nitrogen and oxygen atoms in total. The summed E-state index contributed by atoms with van der Waals surface area (Å²) in [4.78, 5) is 12.1. The maximum atomic E-state index is 12.1. The lowest BCUT2D eigenvalue weighted by Gasteiger charge is -2.50. The van der Waals surface area contributed by atoms with Gasteiger partial charge in [-0.15, -0.1) is 0 Å². The minimum Gasteiger partial charge on any atom is -0.392 e. The Balaban J connectivity index is 1.61. The molecule has 2 aliphatic carbocycles. The van der Waals surface area contributed by atoms with Crippen LogP contribution in [0.1, 0.15) is 38.2 Å². The van der Waals surface area contributed by atoms with Crippen molar-refractivity contribution in [3.8, 4) is 11.8 Å². The maximum Gasteiger partial charge on any atom is 0.139 e.